The van der Waals surface area contributed by atoms with Gasteiger partial charge in [0.15, 0.2) is 0 Å². The first-order valence-corrected chi connectivity index (χ1v) is 26.1. The topological polar surface area (TPSA) is 16.1 Å². The van der Waals surface area contributed by atoms with Gasteiger partial charge in [-0.2, -0.15) is 0 Å². The molecule has 0 atom stereocenters. The molecule has 0 saturated heterocycles. The van der Waals surface area contributed by atoms with Crippen molar-refractivity contribution in [3.8, 4) is 66.9 Å². The summed E-state index contributed by atoms with van der Waals surface area (Å²) in [6.45, 7) is 4.76. The predicted molar refractivity (Wildman–Crippen MR) is 313 cm³/mol. The SMILES string of the molecule is CC1(C)c2ccccc2-c2ccc(N(c3ccccc3-c3ccc(-c4ccccc4)cc3)c3cccc4c3-c3ccc(-c5nc6ccccc6cc5-c5ccccc5)cc3C4(c3ccccc3)c3ccccc3)cc21. The van der Waals surface area contributed by atoms with Gasteiger partial charge in [0, 0.05) is 38.7 Å². The molecular formula is C73H52N2. The van der Waals surface area contributed by atoms with Crippen LogP contribution in [0.5, 0.6) is 0 Å². The molecule has 0 saturated carbocycles. The van der Waals surface area contributed by atoms with Crippen LogP contribution < -0.4 is 4.90 Å². The number of nitrogens with zero attached hydrogens (tertiary/aromatic N) is 2. The zero-order valence-electron chi connectivity index (χ0n) is 42.0. The highest BCUT2D eigenvalue weighted by molar-refractivity contribution is 6.02. The Balaban J connectivity index is 1.05. The summed E-state index contributed by atoms with van der Waals surface area (Å²) in [7, 11) is 0. The minimum absolute atomic E-state index is 0.201. The Bertz CT molecular complexity index is 4080. The highest BCUT2D eigenvalue weighted by Crippen LogP contribution is 2.61. The van der Waals surface area contributed by atoms with Crippen LogP contribution in [0.2, 0.25) is 0 Å². The van der Waals surface area contributed by atoms with Crippen molar-refractivity contribution in [2.45, 2.75) is 24.7 Å². The Morgan fingerprint density at radius 3 is 1.57 bits per heavy atom. The van der Waals surface area contributed by atoms with E-state index in [9.17, 15) is 0 Å². The summed E-state index contributed by atoms with van der Waals surface area (Å²) in [5.74, 6) is 0. The van der Waals surface area contributed by atoms with Crippen molar-refractivity contribution < 1.29 is 0 Å². The highest BCUT2D eigenvalue weighted by atomic mass is 15.1. The number of pyridine rings is 1. The lowest BCUT2D eigenvalue weighted by Gasteiger charge is -2.35. The van der Waals surface area contributed by atoms with Crippen LogP contribution >= 0.6 is 0 Å². The maximum absolute atomic E-state index is 5.52. The zero-order chi connectivity index (χ0) is 50.1. The number of hydrogen-bond acceptors (Lipinski definition) is 2. The Labute approximate surface area is 439 Å². The Morgan fingerprint density at radius 2 is 0.840 bits per heavy atom. The van der Waals surface area contributed by atoms with Gasteiger partial charge in [-0.05, 0) is 115 Å². The van der Waals surface area contributed by atoms with Gasteiger partial charge in [0.05, 0.1) is 28.0 Å². The summed E-state index contributed by atoms with van der Waals surface area (Å²) < 4.78 is 0. The van der Waals surface area contributed by atoms with Crippen molar-refractivity contribution >= 4 is 28.0 Å². The number of anilines is 3. The molecule has 1 aromatic heterocycles. The number of aromatic nitrogens is 1. The van der Waals surface area contributed by atoms with E-state index >= 15 is 0 Å². The van der Waals surface area contributed by atoms with E-state index in [-0.39, 0.29) is 5.41 Å². The average Bonchev–Trinajstić information content (AvgIpc) is 3.92. The van der Waals surface area contributed by atoms with Crippen molar-refractivity contribution in [1.29, 1.82) is 0 Å². The fourth-order valence-corrected chi connectivity index (χ4v) is 12.7. The first-order chi connectivity index (χ1) is 37.0. The molecule has 0 N–H and O–H groups in total. The molecule has 2 aliphatic rings. The van der Waals surface area contributed by atoms with Crippen molar-refractivity contribution in [1.82, 2.24) is 4.98 Å². The van der Waals surface area contributed by atoms with Crippen molar-refractivity contribution in [3.63, 3.8) is 0 Å². The third kappa shape index (κ3) is 7.05. The Hall–Kier alpha value is -9.37. The largest absolute Gasteiger partial charge is 0.309 e. The molecule has 0 aliphatic heterocycles. The lowest BCUT2D eigenvalue weighted by molar-refractivity contribution is 0.660. The van der Waals surface area contributed by atoms with Crippen LogP contribution in [0.15, 0.2) is 279 Å². The first-order valence-electron chi connectivity index (χ1n) is 26.1. The molecule has 1 heterocycles. The van der Waals surface area contributed by atoms with Gasteiger partial charge in [0.1, 0.15) is 0 Å². The Kier molecular flexibility index (Phi) is 10.5. The van der Waals surface area contributed by atoms with Crippen LogP contribution in [0.4, 0.5) is 17.1 Å². The molecule has 12 aromatic rings. The average molecular weight is 957 g/mol. The molecule has 0 spiro atoms. The quantitative estimate of drug-likeness (QED) is 0.143. The summed E-state index contributed by atoms with van der Waals surface area (Å²) in [5.41, 5.74) is 25.0. The van der Waals surface area contributed by atoms with Crippen LogP contribution in [0.25, 0.3) is 77.8 Å². The van der Waals surface area contributed by atoms with Crippen LogP contribution in [0, 0.1) is 0 Å². The van der Waals surface area contributed by atoms with E-state index in [1.807, 2.05) is 0 Å². The molecule has 0 unspecified atom stereocenters. The molecule has 2 nitrogen and oxygen atoms in total. The lowest BCUT2D eigenvalue weighted by Crippen LogP contribution is -2.28. The van der Waals surface area contributed by atoms with E-state index in [0.29, 0.717) is 0 Å². The van der Waals surface area contributed by atoms with Crippen molar-refractivity contribution in [2.75, 3.05) is 4.90 Å². The fraction of sp³-hybridized carbons (Fsp3) is 0.0548. The van der Waals surface area contributed by atoms with Gasteiger partial charge in [-0.3, -0.25) is 0 Å². The number of hydrogen-bond donors (Lipinski definition) is 0. The first kappa shape index (κ1) is 44.3. The monoisotopic (exact) mass is 956 g/mol. The van der Waals surface area contributed by atoms with Crippen LogP contribution in [-0.4, -0.2) is 4.98 Å². The molecule has 75 heavy (non-hydrogen) atoms. The van der Waals surface area contributed by atoms with Crippen LogP contribution in [0.3, 0.4) is 0 Å². The van der Waals surface area contributed by atoms with Gasteiger partial charge in [-0.25, -0.2) is 4.98 Å². The molecular weight excluding hydrogens is 905 g/mol. The maximum atomic E-state index is 5.52. The van der Waals surface area contributed by atoms with Gasteiger partial charge >= 0.3 is 0 Å². The molecule has 0 fully saturated rings. The Morgan fingerprint density at radius 1 is 0.320 bits per heavy atom. The van der Waals surface area contributed by atoms with Crippen LogP contribution in [-0.2, 0) is 10.8 Å². The normalized spacial score (nSPS) is 13.4. The van der Waals surface area contributed by atoms with E-state index in [2.05, 4.69) is 298 Å². The van der Waals surface area contributed by atoms with Gasteiger partial charge in [-0.15, -0.1) is 0 Å². The molecule has 11 aromatic carbocycles. The van der Waals surface area contributed by atoms with Crippen LogP contribution in [0.1, 0.15) is 47.2 Å². The number of benzene rings is 11. The van der Waals surface area contributed by atoms with E-state index < -0.39 is 5.41 Å². The van der Waals surface area contributed by atoms with E-state index in [1.54, 1.807) is 0 Å². The van der Waals surface area contributed by atoms with Gasteiger partial charge in [0.25, 0.3) is 0 Å². The third-order valence-electron chi connectivity index (χ3n) is 16.1. The van der Waals surface area contributed by atoms with Gasteiger partial charge in [0.2, 0.25) is 0 Å². The summed E-state index contributed by atoms with van der Waals surface area (Å²) >= 11 is 0. The van der Waals surface area contributed by atoms with E-state index in [4.69, 9.17) is 4.98 Å². The van der Waals surface area contributed by atoms with Crippen molar-refractivity contribution in [2.24, 2.45) is 0 Å². The standard InChI is InChI=1S/C73H52N2/c1-72(2)63-33-18-16-32-59(63)60-45-43-57(48-65(60)72)75(68-36-20-17-31-58(68)52-40-38-50(39-41-52)49-22-7-3-8-23-49)69-37-21-34-64-70(69)61-44-42-54(47-66(61)73(64,55-27-11-5-12-28-55)56-29-13-6-14-30-56)71-62(51-24-9-4-10-25-51)46-53-26-15-19-35-67(53)74-71/h3-48H,1-2H3. The summed E-state index contributed by atoms with van der Waals surface area (Å²) in [4.78, 5) is 8.08. The maximum Gasteiger partial charge on any atom is 0.0788 e. The smallest absolute Gasteiger partial charge is 0.0788 e. The summed E-state index contributed by atoms with van der Waals surface area (Å²) in [5, 5.41) is 1.12. The predicted octanol–water partition coefficient (Wildman–Crippen LogP) is 19.0. The fourth-order valence-electron chi connectivity index (χ4n) is 12.7. The minimum atomic E-state index is -0.691. The molecule has 0 radical (unpaired) electrons. The summed E-state index contributed by atoms with van der Waals surface area (Å²) in [6.07, 6.45) is 0. The molecule has 0 bridgehead atoms. The highest BCUT2D eigenvalue weighted by Gasteiger charge is 2.48. The summed E-state index contributed by atoms with van der Waals surface area (Å²) in [6, 6.07) is 103. The second-order valence-corrected chi connectivity index (χ2v) is 20.6. The zero-order valence-corrected chi connectivity index (χ0v) is 42.0. The number of fused-ring (bicyclic) bond motifs is 7. The molecule has 2 heteroatoms. The third-order valence-corrected chi connectivity index (χ3v) is 16.1. The van der Waals surface area contributed by atoms with Crippen molar-refractivity contribution in [3.05, 3.63) is 312 Å². The molecule has 2 aliphatic carbocycles. The second-order valence-electron chi connectivity index (χ2n) is 20.6. The van der Waals surface area contributed by atoms with E-state index in [1.165, 1.54) is 66.8 Å². The molecule has 354 valence electrons. The lowest BCUT2D eigenvalue weighted by atomic mass is 9.67. The number of para-hydroxylation sites is 2. The molecule has 0 amide bonds. The number of rotatable bonds is 9. The van der Waals surface area contributed by atoms with Gasteiger partial charge < -0.3 is 4.90 Å². The second kappa shape index (κ2) is 17.7. The minimum Gasteiger partial charge on any atom is -0.309 e. The van der Waals surface area contributed by atoms with E-state index in [0.717, 1.165) is 61.5 Å². The molecule has 14 rings (SSSR count). The van der Waals surface area contributed by atoms with Gasteiger partial charge in [-0.1, -0.05) is 250 Å².